The zero-order valence-corrected chi connectivity index (χ0v) is 12.3. The highest BCUT2D eigenvalue weighted by molar-refractivity contribution is 5.89. The molecule has 1 saturated carbocycles. The van der Waals surface area contributed by atoms with E-state index in [2.05, 4.69) is 10.6 Å². The first kappa shape index (κ1) is 16.0. The molecule has 1 heterocycles. The quantitative estimate of drug-likeness (QED) is 0.860. The average Bonchev–Trinajstić information content (AvgIpc) is 2.97. The summed E-state index contributed by atoms with van der Waals surface area (Å²) in [4.78, 5) is 23.8. The minimum Gasteiger partial charge on any atom is -0.349 e. The summed E-state index contributed by atoms with van der Waals surface area (Å²) >= 11 is 0. The molecule has 2 N–H and O–H groups in total. The maximum Gasteiger partial charge on any atom is 0.416 e. The molecule has 2 aliphatic rings. The normalized spacial score (nSPS) is 25.8. The number of hydrogen-bond acceptors (Lipinski definition) is 3. The molecule has 4 nitrogen and oxygen atoms in total. The number of fused-ring (bicyclic) bond motifs is 1. The van der Waals surface area contributed by atoms with E-state index in [1.54, 1.807) is 0 Å². The number of rotatable bonds is 5. The third-order valence-corrected chi connectivity index (χ3v) is 4.51. The van der Waals surface area contributed by atoms with Crippen LogP contribution in [0.4, 0.5) is 13.2 Å². The van der Waals surface area contributed by atoms with E-state index in [0.29, 0.717) is 17.4 Å². The Labute approximate surface area is 131 Å². The Morgan fingerprint density at radius 3 is 2.57 bits per heavy atom. The molecule has 2 fully saturated rings. The third-order valence-electron chi connectivity index (χ3n) is 4.51. The number of carbonyl (C=O) groups excluding carboxylic acids is 2. The second-order valence-electron chi connectivity index (χ2n) is 6.14. The molecule has 23 heavy (non-hydrogen) atoms. The van der Waals surface area contributed by atoms with Crippen molar-refractivity contribution in [3.63, 3.8) is 0 Å². The van der Waals surface area contributed by atoms with Crippen molar-refractivity contribution >= 4 is 11.7 Å². The lowest BCUT2D eigenvalue weighted by molar-refractivity contribution is -0.137. The van der Waals surface area contributed by atoms with Crippen molar-refractivity contribution in [1.82, 2.24) is 10.6 Å². The molecule has 124 valence electrons. The fraction of sp³-hybridized carbons (Fsp3) is 0.500. The first-order valence-corrected chi connectivity index (χ1v) is 7.52. The molecular weight excluding hydrogens is 309 g/mol. The van der Waals surface area contributed by atoms with Crippen LogP contribution >= 0.6 is 0 Å². The number of carbonyl (C=O) groups is 2. The van der Waals surface area contributed by atoms with E-state index in [1.165, 1.54) is 12.1 Å². The van der Waals surface area contributed by atoms with Crippen LogP contribution in [0.3, 0.4) is 0 Å². The van der Waals surface area contributed by atoms with Crippen molar-refractivity contribution in [2.75, 3.05) is 19.6 Å². The standard InChI is InChI=1S/C16H17F3N2O2/c17-16(18,19)10-3-1-2-9(4-10)5-11(22)6-21-15(23)14-12-7-20-8-13(12)14/h1-4,12-14,20H,5-8H2,(H,21,23)/t12-,13+,14?. The molecule has 0 spiro atoms. The predicted octanol–water partition coefficient (Wildman–Crippen LogP) is 1.40. The monoisotopic (exact) mass is 326 g/mol. The second-order valence-corrected chi connectivity index (χ2v) is 6.14. The Bertz CT molecular complexity index is 620. The van der Waals surface area contributed by atoms with Gasteiger partial charge in [-0.1, -0.05) is 18.2 Å². The van der Waals surface area contributed by atoms with E-state index in [-0.39, 0.29) is 30.6 Å². The number of alkyl halides is 3. The first-order valence-electron chi connectivity index (χ1n) is 7.52. The summed E-state index contributed by atoms with van der Waals surface area (Å²) in [6.07, 6.45) is -4.55. The van der Waals surface area contributed by atoms with Gasteiger partial charge in [0.05, 0.1) is 12.1 Å². The summed E-state index contributed by atoms with van der Waals surface area (Å²) in [5, 5.41) is 5.78. The van der Waals surface area contributed by atoms with Gasteiger partial charge >= 0.3 is 6.18 Å². The Balaban J connectivity index is 1.49. The molecule has 3 atom stereocenters. The van der Waals surface area contributed by atoms with Gasteiger partial charge in [-0.05, 0) is 36.6 Å². The summed E-state index contributed by atoms with van der Waals surface area (Å²) in [7, 11) is 0. The zero-order valence-electron chi connectivity index (χ0n) is 12.3. The Kier molecular flexibility index (Phi) is 4.14. The molecule has 1 aromatic rings. The predicted molar refractivity (Wildman–Crippen MR) is 76.5 cm³/mol. The van der Waals surface area contributed by atoms with E-state index in [4.69, 9.17) is 0 Å². The molecule has 0 aromatic heterocycles. The van der Waals surface area contributed by atoms with Crippen LogP contribution in [0.15, 0.2) is 24.3 Å². The molecule has 3 rings (SSSR count). The van der Waals surface area contributed by atoms with Crippen molar-refractivity contribution in [1.29, 1.82) is 0 Å². The smallest absolute Gasteiger partial charge is 0.349 e. The number of benzene rings is 1. The summed E-state index contributed by atoms with van der Waals surface area (Å²) in [5.74, 6) is 0.292. The number of hydrogen-bond donors (Lipinski definition) is 2. The molecule has 0 radical (unpaired) electrons. The minimum atomic E-state index is -4.43. The van der Waals surface area contributed by atoms with Crippen molar-refractivity contribution < 1.29 is 22.8 Å². The number of amides is 1. The number of Topliss-reactive ketones (excluding diaryl/α,β-unsaturated/α-hetero) is 1. The zero-order chi connectivity index (χ0) is 16.6. The van der Waals surface area contributed by atoms with Gasteiger partial charge in [0.15, 0.2) is 5.78 Å². The molecule has 7 heteroatoms. The van der Waals surface area contributed by atoms with Gasteiger partial charge < -0.3 is 10.6 Å². The minimum absolute atomic E-state index is 0.0161. The van der Waals surface area contributed by atoms with Gasteiger partial charge in [-0.25, -0.2) is 0 Å². The number of nitrogens with one attached hydrogen (secondary N) is 2. The SMILES string of the molecule is O=C(CNC(=O)C1[C@H]2CNC[C@@H]12)Cc1cccc(C(F)(F)F)c1. The van der Waals surface area contributed by atoms with E-state index < -0.39 is 11.7 Å². The van der Waals surface area contributed by atoms with E-state index in [9.17, 15) is 22.8 Å². The first-order chi connectivity index (χ1) is 10.9. The lowest BCUT2D eigenvalue weighted by Gasteiger charge is -2.09. The topological polar surface area (TPSA) is 58.2 Å². The maximum atomic E-state index is 12.6. The Hall–Kier alpha value is -1.89. The molecular formula is C16H17F3N2O2. The maximum absolute atomic E-state index is 12.6. The van der Waals surface area contributed by atoms with Crippen LogP contribution in [0.2, 0.25) is 0 Å². The van der Waals surface area contributed by atoms with E-state index in [1.807, 2.05) is 0 Å². The van der Waals surface area contributed by atoms with Crippen LogP contribution in [0.25, 0.3) is 0 Å². The lowest BCUT2D eigenvalue weighted by atomic mass is 10.1. The third kappa shape index (κ3) is 3.55. The highest BCUT2D eigenvalue weighted by Gasteiger charge is 2.56. The molecule has 1 unspecified atom stereocenters. The highest BCUT2D eigenvalue weighted by Crippen LogP contribution is 2.48. The van der Waals surface area contributed by atoms with Crippen LogP contribution in [0.1, 0.15) is 11.1 Å². The number of piperidine rings is 1. The molecule has 1 aromatic carbocycles. The van der Waals surface area contributed by atoms with Crippen LogP contribution < -0.4 is 10.6 Å². The van der Waals surface area contributed by atoms with Gasteiger partial charge in [-0.3, -0.25) is 9.59 Å². The van der Waals surface area contributed by atoms with Gasteiger partial charge in [-0.2, -0.15) is 13.2 Å². The number of ketones is 1. The average molecular weight is 326 g/mol. The second kappa shape index (κ2) is 5.96. The van der Waals surface area contributed by atoms with E-state index in [0.717, 1.165) is 25.2 Å². The molecule has 1 aliphatic heterocycles. The Morgan fingerprint density at radius 2 is 1.91 bits per heavy atom. The highest BCUT2D eigenvalue weighted by atomic mass is 19.4. The molecule has 1 saturated heterocycles. The molecule has 0 bridgehead atoms. The van der Waals surface area contributed by atoms with Crippen LogP contribution in [0.5, 0.6) is 0 Å². The van der Waals surface area contributed by atoms with Crippen molar-refractivity contribution in [2.24, 2.45) is 17.8 Å². The fourth-order valence-electron chi connectivity index (χ4n) is 3.26. The summed E-state index contributed by atoms with van der Waals surface area (Å²) in [5.41, 5.74) is -0.475. The Morgan fingerprint density at radius 1 is 1.22 bits per heavy atom. The van der Waals surface area contributed by atoms with Crippen LogP contribution in [0, 0.1) is 17.8 Å². The summed E-state index contributed by atoms with van der Waals surface area (Å²) in [6, 6.07) is 4.70. The summed E-state index contributed by atoms with van der Waals surface area (Å²) < 4.78 is 37.9. The lowest BCUT2D eigenvalue weighted by Crippen LogP contribution is -2.34. The molecule has 1 amide bonds. The molecule has 1 aliphatic carbocycles. The van der Waals surface area contributed by atoms with Gasteiger partial charge in [0.1, 0.15) is 0 Å². The number of halogens is 3. The van der Waals surface area contributed by atoms with E-state index >= 15 is 0 Å². The van der Waals surface area contributed by atoms with Gasteiger partial charge in [-0.15, -0.1) is 0 Å². The van der Waals surface area contributed by atoms with Crippen molar-refractivity contribution in [3.05, 3.63) is 35.4 Å². The largest absolute Gasteiger partial charge is 0.416 e. The fourth-order valence-corrected chi connectivity index (χ4v) is 3.26. The van der Waals surface area contributed by atoms with Gasteiger partial charge in [0.25, 0.3) is 0 Å². The van der Waals surface area contributed by atoms with Crippen LogP contribution in [-0.2, 0) is 22.2 Å². The van der Waals surface area contributed by atoms with Crippen LogP contribution in [-0.4, -0.2) is 31.3 Å². The van der Waals surface area contributed by atoms with Gasteiger partial charge in [0, 0.05) is 12.3 Å². The van der Waals surface area contributed by atoms with Crippen molar-refractivity contribution in [2.45, 2.75) is 12.6 Å². The summed E-state index contributed by atoms with van der Waals surface area (Å²) in [6.45, 7) is 1.53. The van der Waals surface area contributed by atoms with Crippen molar-refractivity contribution in [3.8, 4) is 0 Å². The van der Waals surface area contributed by atoms with Gasteiger partial charge in [0.2, 0.25) is 5.91 Å².